The maximum Gasteiger partial charge on any atom is 0.144 e. The summed E-state index contributed by atoms with van der Waals surface area (Å²) in [5.41, 5.74) is 1.02. The van der Waals surface area contributed by atoms with Crippen molar-refractivity contribution in [3.05, 3.63) is 30.2 Å². The molecule has 70 valence electrons. The Hall–Kier alpha value is -1.51. The van der Waals surface area contributed by atoms with Gasteiger partial charge in [0.2, 0.25) is 0 Å². The Bertz CT molecular complexity index is 334. The van der Waals surface area contributed by atoms with Crippen molar-refractivity contribution in [1.29, 1.82) is 0 Å². The number of aromatic nitrogens is 2. The lowest BCUT2D eigenvalue weighted by Crippen LogP contribution is -1.88. The van der Waals surface area contributed by atoms with E-state index in [0.717, 1.165) is 17.2 Å². The number of nitrogens with one attached hydrogen (secondary N) is 1. The maximum atomic E-state index is 4.32. The summed E-state index contributed by atoms with van der Waals surface area (Å²) in [5.74, 6) is 1.80. The number of hydrogen-bond acceptors (Lipinski definition) is 2. The molecule has 0 aliphatic rings. The molecule has 0 saturated carbocycles. The molecule has 3 nitrogen and oxygen atoms in total. The quantitative estimate of drug-likeness (QED) is 0.716. The predicted molar refractivity (Wildman–Crippen MR) is 56.6 cm³/mol. The minimum Gasteiger partial charge on any atom is -0.372 e. The van der Waals surface area contributed by atoms with Gasteiger partial charge in [0, 0.05) is 20.3 Å². The Kier molecular flexibility index (Phi) is 2.90. The smallest absolute Gasteiger partial charge is 0.144 e. The van der Waals surface area contributed by atoms with E-state index in [-0.39, 0.29) is 0 Å². The van der Waals surface area contributed by atoms with Crippen molar-refractivity contribution in [3.8, 4) is 0 Å². The van der Waals surface area contributed by atoms with E-state index in [1.54, 1.807) is 0 Å². The molecule has 1 rings (SSSR count). The van der Waals surface area contributed by atoms with Crippen molar-refractivity contribution in [2.75, 3.05) is 12.4 Å². The van der Waals surface area contributed by atoms with E-state index in [2.05, 4.69) is 16.9 Å². The highest BCUT2D eigenvalue weighted by Gasteiger charge is 1.98. The van der Waals surface area contributed by atoms with Crippen LogP contribution < -0.4 is 5.32 Å². The van der Waals surface area contributed by atoms with Crippen LogP contribution in [0.25, 0.3) is 6.08 Å². The van der Waals surface area contributed by atoms with Crippen LogP contribution in [0.4, 0.5) is 5.82 Å². The van der Waals surface area contributed by atoms with Crippen molar-refractivity contribution in [1.82, 2.24) is 9.55 Å². The fraction of sp³-hybridized carbons (Fsp3) is 0.300. The number of hydrogen-bond donors (Lipinski definition) is 1. The Morgan fingerprint density at radius 3 is 2.85 bits per heavy atom. The average Bonchev–Trinajstić information content (AvgIpc) is 2.43. The first-order valence-corrected chi connectivity index (χ1v) is 4.18. The van der Waals surface area contributed by atoms with Gasteiger partial charge in [-0.3, -0.25) is 0 Å². The van der Waals surface area contributed by atoms with Crippen LogP contribution in [0.1, 0.15) is 12.7 Å². The van der Waals surface area contributed by atoms with Crippen LogP contribution in [0.5, 0.6) is 0 Å². The number of rotatable bonds is 3. The molecule has 0 atom stereocenters. The fourth-order valence-electron chi connectivity index (χ4n) is 0.973. The Balaban J connectivity index is 2.88. The monoisotopic (exact) mass is 177 g/mol. The average molecular weight is 177 g/mol. The molecule has 0 saturated heterocycles. The van der Waals surface area contributed by atoms with Gasteiger partial charge < -0.3 is 9.88 Å². The summed E-state index contributed by atoms with van der Waals surface area (Å²) in [5, 5.41) is 2.99. The zero-order valence-electron chi connectivity index (χ0n) is 8.33. The number of allylic oxidation sites excluding steroid dienone is 2. The van der Waals surface area contributed by atoms with E-state index in [0.29, 0.717) is 0 Å². The second-order valence-corrected chi connectivity index (χ2v) is 3.02. The lowest BCUT2D eigenvalue weighted by molar-refractivity contribution is 0.897. The van der Waals surface area contributed by atoms with Gasteiger partial charge in [-0.1, -0.05) is 18.2 Å². The molecule has 0 aliphatic heterocycles. The molecule has 0 aliphatic carbocycles. The molecule has 0 amide bonds. The third kappa shape index (κ3) is 2.47. The molecule has 13 heavy (non-hydrogen) atoms. The van der Waals surface area contributed by atoms with Gasteiger partial charge in [-0.05, 0) is 13.0 Å². The predicted octanol–water partition coefficient (Wildman–Crippen LogP) is 2.05. The third-order valence-electron chi connectivity index (χ3n) is 1.69. The molecular weight excluding hydrogens is 162 g/mol. The van der Waals surface area contributed by atoms with Gasteiger partial charge >= 0.3 is 0 Å². The third-order valence-corrected chi connectivity index (χ3v) is 1.69. The summed E-state index contributed by atoms with van der Waals surface area (Å²) in [7, 11) is 3.82. The van der Waals surface area contributed by atoms with Crippen molar-refractivity contribution >= 4 is 11.9 Å². The zero-order valence-corrected chi connectivity index (χ0v) is 8.33. The summed E-state index contributed by atoms with van der Waals surface area (Å²) in [6.45, 7) is 5.74. The number of anilines is 1. The maximum absolute atomic E-state index is 4.32. The van der Waals surface area contributed by atoms with Crippen molar-refractivity contribution in [2.24, 2.45) is 7.05 Å². The highest BCUT2D eigenvalue weighted by atomic mass is 15.1. The van der Waals surface area contributed by atoms with Crippen LogP contribution >= 0.6 is 0 Å². The van der Waals surface area contributed by atoms with Crippen LogP contribution in [0, 0.1) is 0 Å². The number of imidazole rings is 1. The molecule has 0 unspecified atom stereocenters. The Morgan fingerprint density at radius 1 is 1.69 bits per heavy atom. The van der Waals surface area contributed by atoms with Gasteiger partial charge in [0.05, 0.1) is 0 Å². The second-order valence-electron chi connectivity index (χ2n) is 3.02. The van der Waals surface area contributed by atoms with E-state index >= 15 is 0 Å². The zero-order chi connectivity index (χ0) is 9.84. The van der Waals surface area contributed by atoms with Crippen LogP contribution in [0.3, 0.4) is 0 Å². The van der Waals surface area contributed by atoms with Gasteiger partial charge in [0.15, 0.2) is 0 Å². The number of aryl methyl sites for hydroxylation is 1. The summed E-state index contributed by atoms with van der Waals surface area (Å²) < 4.78 is 1.96. The van der Waals surface area contributed by atoms with Crippen molar-refractivity contribution in [3.63, 3.8) is 0 Å². The fourth-order valence-corrected chi connectivity index (χ4v) is 0.973. The topological polar surface area (TPSA) is 29.9 Å². The van der Waals surface area contributed by atoms with Gasteiger partial charge in [-0.2, -0.15) is 0 Å². The first-order valence-electron chi connectivity index (χ1n) is 4.18. The van der Waals surface area contributed by atoms with E-state index in [1.807, 2.05) is 43.9 Å². The van der Waals surface area contributed by atoms with Gasteiger partial charge in [-0.15, -0.1) is 0 Å². The molecular formula is C10H15N3. The van der Waals surface area contributed by atoms with Gasteiger partial charge in [0.1, 0.15) is 11.6 Å². The summed E-state index contributed by atoms with van der Waals surface area (Å²) in [6, 6.07) is 0. The largest absolute Gasteiger partial charge is 0.372 e. The van der Waals surface area contributed by atoms with E-state index in [4.69, 9.17) is 0 Å². The van der Waals surface area contributed by atoms with Crippen molar-refractivity contribution < 1.29 is 0 Å². The molecule has 1 aromatic rings. The molecule has 1 N–H and O–H groups in total. The molecule has 0 fully saturated rings. The highest BCUT2D eigenvalue weighted by Crippen LogP contribution is 2.08. The highest BCUT2D eigenvalue weighted by molar-refractivity contribution is 5.49. The lowest BCUT2D eigenvalue weighted by atomic mass is 10.3. The van der Waals surface area contributed by atoms with E-state index in [1.165, 1.54) is 0 Å². The molecule has 0 spiro atoms. The summed E-state index contributed by atoms with van der Waals surface area (Å²) in [4.78, 5) is 4.32. The minimum atomic E-state index is 0.879. The Morgan fingerprint density at radius 2 is 2.38 bits per heavy atom. The van der Waals surface area contributed by atoms with Crippen molar-refractivity contribution in [2.45, 2.75) is 6.92 Å². The van der Waals surface area contributed by atoms with E-state index in [9.17, 15) is 0 Å². The standard InChI is InChI=1S/C10H15N3/c1-8(2)5-6-10-12-9(11-3)7-13(10)4/h5-7,11H,1H2,2-4H3/b6-5-. The first-order chi connectivity index (χ1) is 6.13. The second kappa shape index (κ2) is 3.94. The molecule has 0 radical (unpaired) electrons. The van der Waals surface area contributed by atoms with E-state index < -0.39 is 0 Å². The molecule has 0 bridgehead atoms. The minimum absolute atomic E-state index is 0.879. The van der Waals surface area contributed by atoms with Crippen LogP contribution in [-0.4, -0.2) is 16.6 Å². The normalized spacial score (nSPS) is 10.7. The molecule has 3 heteroatoms. The number of nitrogens with zero attached hydrogens (tertiary/aromatic N) is 2. The lowest BCUT2D eigenvalue weighted by Gasteiger charge is -1.92. The van der Waals surface area contributed by atoms with Crippen LogP contribution in [0.15, 0.2) is 24.4 Å². The molecule has 0 aromatic carbocycles. The Labute approximate surface area is 78.8 Å². The van der Waals surface area contributed by atoms with Gasteiger partial charge in [-0.25, -0.2) is 4.98 Å². The van der Waals surface area contributed by atoms with Gasteiger partial charge in [0.25, 0.3) is 0 Å². The SMILES string of the molecule is C=C(C)/C=C\c1nc(NC)cn1C. The first kappa shape index (κ1) is 9.58. The molecule has 1 aromatic heterocycles. The summed E-state index contributed by atoms with van der Waals surface area (Å²) >= 11 is 0. The van der Waals surface area contributed by atoms with Crippen LogP contribution in [0.2, 0.25) is 0 Å². The van der Waals surface area contributed by atoms with Crippen LogP contribution in [-0.2, 0) is 7.05 Å². The molecule has 1 heterocycles. The summed E-state index contributed by atoms with van der Waals surface area (Å²) in [6.07, 6.45) is 5.84.